The summed E-state index contributed by atoms with van der Waals surface area (Å²) in [6.07, 6.45) is 4.38. The number of aromatic nitrogens is 1. The minimum absolute atomic E-state index is 0.0934. The molecular weight excluding hydrogens is 419 g/mol. The summed E-state index contributed by atoms with van der Waals surface area (Å²) >= 11 is 1.49. The van der Waals surface area contributed by atoms with Gasteiger partial charge in [0.05, 0.1) is 11.3 Å². The van der Waals surface area contributed by atoms with Crippen molar-refractivity contribution in [2.75, 3.05) is 11.9 Å². The number of carboxylic acids is 1. The van der Waals surface area contributed by atoms with Crippen LogP contribution in [-0.2, 0) is 26.3 Å². The Hall–Kier alpha value is -3.10. The highest BCUT2D eigenvalue weighted by molar-refractivity contribution is 7.15. The normalized spacial score (nSPS) is 14.6. The number of hydrogen-bond acceptors (Lipinski definition) is 5. The number of carbonyl (C=O) groups is 2. The van der Waals surface area contributed by atoms with Gasteiger partial charge in [-0.05, 0) is 54.7 Å². The van der Waals surface area contributed by atoms with Crippen molar-refractivity contribution >= 4 is 28.9 Å². The third kappa shape index (κ3) is 4.98. The molecule has 3 aromatic rings. The maximum absolute atomic E-state index is 13.3. The first-order valence-corrected chi connectivity index (χ1v) is 10.7. The number of carboxylic acid groups (broad SMARTS) is 1. The van der Waals surface area contributed by atoms with E-state index >= 15 is 0 Å². The molecule has 0 unspecified atom stereocenters. The number of ether oxygens (including phenoxy) is 1. The van der Waals surface area contributed by atoms with Crippen molar-refractivity contribution in [3.8, 4) is 10.4 Å². The Morgan fingerprint density at radius 3 is 2.61 bits per heavy atom. The summed E-state index contributed by atoms with van der Waals surface area (Å²) in [7, 11) is 0. The summed E-state index contributed by atoms with van der Waals surface area (Å²) in [4.78, 5) is 28.5. The molecule has 1 aliphatic carbocycles. The van der Waals surface area contributed by atoms with Crippen molar-refractivity contribution in [3.63, 3.8) is 0 Å². The number of rotatable bonds is 8. The monoisotopic (exact) mass is 440 g/mol. The molecule has 0 radical (unpaired) electrons. The van der Waals surface area contributed by atoms with E-state index in [-0.39, 0.29) is 24.8 Å². The average Bonchev–Trinajstić information content (AvgIpc) is 3.18. The fraction of sp³-hybridized carbons (Fsp3) is 0.261. The van der Waals surface area contributed by atoms with Crippen LogP contribution in [0.2, 0.25) is 0 Å². The van der Waals surface area contributed by atoms with Crippen LogP contribution in [0.5, 0.6) is 0 Å². The molecule has 1 amide bonds. The van der Waals surface area contributed by atoms with Gasteiger partial charge in [0.1, 0.15) is 23.0 Å². The third-order valence-electron chi connectivity index (χ3n) is 5.24. The van der Waals surface area contributed by atoms with E-state index < -0.39 is 11.6 Å². The molecule has 1 aliphatic rings. The summed E-state index contributed by atoms with van der Waals surface area (Å²) < 4.78 is 18.9. The second kappa shape index (κ2) is 8.95. The van der Waals surface area contributed by atoms with Crippen LogP contribution in [0.1, 0.15) is 29.8 Å². The van der Waals surface area contributed by atoms with Gasteiger partial charge in [-0.2, -0.15) is 0 Å². The van der Waals surface area contributed by atoms with Gasteiger partial charge in [0, 0.05) is 11.9 Å². The van der Waals surface area contributed by atoms with E-state index in [2.05, 4.69) is 10.3 Å². The zero-order chi connectivity index (χ0) is 21.8. The second-order valence-corrected chi connectivity index (χ2v) is 8.52. The highest BCUT2D eigenvalue weighted by Crippen LogP contribution is 2.47. The molecule has 4 rings (SSSR count). The first-order valence-electron chi connectivity index (χ1n) is 9.90. The lowest BCUT2D eigenvalue weighted by Crippen LogP contribution is -2.38. The molecule has 0 bridgehead atoms. The molecule has 6 nitrogen and oxygen atoms in total. The predicted molar refractivity (Wildman–Crippen MR) is 115 cm³/mol. The number of carbonyl (C=O) groups excluding carboxylic acids is 1. The largest absolute Gasteiger partial charge is 0.480 e. The van der Waals surface area contributed by atoms with E-state index in [1.54, 1.807) is 30.5 Å². The summed E-state index contributed by atoms with van der Waals surface area (Å²) in [6.45, 7) is -0.334. The number of hydrogen-bond donors (Lipinski definition) is 2. The van der Waals surface area contributed by atoms with Crippen molar-refractivity contribution in [2.24, 2.45) is 0 Å². The molecular formula is C23H21FN2O4S. The van der Waals surface area contributed by atoms with E-state index in [9.17, 15) is 14.0 Å². The van der Waals surface area contributed by atoms with Crippen LogP contribution >= 0.6 is 11.3 Å². The molecule has 2 aromatic carbocycles. The standard InChI is InChI=1S/C23H21FN2O4S/c24-17-4-1-3-15(11-17)12-20(27)26-18-7-5-16(6-8-18)19-13-25-22(31-19)23(9-2-10-23)30-14-21(28)29/h1,3-8,11,13H,2,9-10,12,14H2,(H,26,27)(H,28,29). The van der Waals surface area contributed by atoms with Gasteiger partial charge >= 0.3 is 5.97 Å². The number of thiazole rings is 1. The van der Waals surface area contributed by atoms with Gasteiger partial charge in [0.25, 0.3) is 0 Å². The third-order valence-corrected chi connectivity index (χ3v) is 6.47. The SMILES string of the molecule is O=C(O)COC1(c2ncc(-c3ccc(NC(=O)Cc4cccc(F)c4)cc3)s2)CCC1. The molecule has 1 saturated carbocycles. The molecule has 0 saturated heterocycles. The lowest BCUT2D eigenvalue weighted by Gasteiger charge is -2.39. The smallest absolute Gasteiger partial charge is 0.329 e. The zero-order valence-corrected chi connectivity index (χ0v) is 17.5. The van der Waals surface area contributed by atoms with Crippen LogP contribution in [0.4, 0.5) is 10.1 Å². The quantitative estimate of drug-likeness (QED) is 0.534. The van der Waals surface area contributed by atoms with Crippen LogP contribution in [0.3, 0.4) is 0 Å². The van der Waals surface area contributed by atoms with Gasteiger partial charge < -0.3 is 15.2 Å². The molecule has 0 atom stereocenters. The number of benzene rings is 2. The average molecular weight is 440 g/mol. The number of anilines is 1. The molecule has 0 aliphatic heterocycles. The Morgan fingerprint density at radius 2 is 1.97 bits per heavy atom. The topological polar surface area (TPSA) is 88.5 Å². The van der Waals surface area contributed by atoms with Crippen LogP contribution in [0, 0.1) is 5.82 Å². The summed E-state index contributed by atoms with van der Waals surface area (Å²) in [5.74, 6) is -1.57. The molecule has 1 fully saturated rings. The predicted octanol–water partition coefficient (Wildman–Crippen LogP) is 4.61. The second-order valence-electron chi connectivity index (χ2n) is 7.49. The maximum atomic E-state index is 13.3. The summed E-state index contributed by atoms with van der Waals surface area (Å²) in [5.41, 5.74) is 1.61. The Bertz CT molecular complexity index is 1090. The van der Waals surface area contributed by atoms with Crippen LogP contribution < -0.4 is 5.32 Å². The van der Waals surface area contributed by atoms with Gasteiger partial charge in [0.15, 0.2) is 0 Å². The van der Waals surface area contributed by atoms with E-state index in [4.69, 9.17) is 9.84 Å². The van der Waals surface area contributed by atoms with Crippen LogP contribution in [0.15, 0.2) is 54.7 Å². The molecule has 8 heteroatoms. The Labute approximate surface area is 182 Å². The minimum Gasteiger partial charge on any atom is -0.480 e. The number of nitrogens with one attached hydrogen (secondary N) is 1. The Morgan fingerprint density at radius 1 is 1.19 bits per heavy atom. The first kappa shape index (κ1) is 21.1. The van der Waals surface area contributed by atoms with Gasteiger partial charge in [-0.1, -0.05) is 24.3 Å². The van der Waals surface area contributed by atoms with Gasteiger partial charge in [-0.15, -0.1) is 11.3 Å². The Balaban J connectivity index is 1.40. The fourth-order valence-electron chi connectivity index (χ4n) is 3.49. The summed E-state index contributed by atoms with van der Waals surface area (Å²) in [5, 5.41) is 12.5. The highest BCUT2D eigenvalue weighted by atomic mass is 32.1. The maximum Gasteiger partial charge on any atom is 0.329 e. The van der Waals surface area contributed by atoms with Crippen molar-refractivity contribution in [1.82, 2.24) is 4.98 Å². The number of aliphatic carboxylic acids is 1. The van der Waals surface area contributed by atoms with E-state index in [0.717, 1.165) is 34.7 Å². The zero-order valence-electron chi connectivity index (χ0n) is 16.6. The number of nitrogens with zero attached hydrogens (tertiary/aromatic N) is 1. The molecule has 2 N–H and O–H groups in total. The lowest BCUT2D eigenvalue weighted by atomic mass is 9.80. The highest BCUT2D eigenvalue weighted by Gasteiger charge is 2.43. The molecule has 0 spiro atoms. The van der Waals surface area contributed by atoms with Crippen LogP contribution in [-0.4, -0.2) is 28.6 Å². The first-order chi connectivity index (χ1) is 14.9. The number of halogens is 1. The van der Waals surface area contributed by atoms with E-state index in [0.29, 0.717) is 11.3 Å². The van der Waals surface area contributed by atoms with Gasteiger partial charge in [0.2, 0.25) is 5.91 Å². The van der Waals surface area contributed by atoms with Crippen molar-refractivity contribution < 1.29 is 23.8 Å². The Kier molecular flexibility index (Phi) is 6.11. The molecule has 31 heavy (non-hydrogen) atoms. The van der Waals surface area contributed by atoms with E-state index in [1.807, 2.05) is 12.1 Å². The van der Waals surface area contributed by atoms with E-state index in [1.165, 1.54) is 23.5 Å². The van der Waals surface area contributed by atoms with Gasteiger partial charge in [-0.25, -0.2) is 14.2 Å². The molecule has 160 valence electrons. The summed E-state index contributed by atoms with van der Waals surface area (Å²) in [6, 6.07) is 13.4. The van der Waals surface area contributed by atoms with Crippen LogP contribution in [0.25, 0.3) is 10.4 Å². The van der Waals surface area contributed by atoms with Gasteiger partial charge in [-0.3, -0.25) is 4.79 Å². The lowest BCUT2D eigenvalue weighted by molar-refractivity contribution is -0.159. The fourth-order valence-corrected chi connectivity index (χ4v) is 4.61. The molecule has 1 aromatic heterocycles. The number of amides is 1. The van der Waals surface area contributed by atoms with Crippen molar-refractivity contribution in [3.05, 3.63) is 71.1 Å². The molecule has 1 heterocycles. The van der Waals surface area contributed by atoms with Crippen molar-refractivity contribution in [2.45, 2.75) is 31.3 Å². The van der Waals surface area contributed by atoms with Crippen molar-refractivity contribution in [1.29, 1.82) is 0 Å². The minimum atomic E-state index is -0.988.